The van der Waals surface area contributed by atoms with Gasteiger partial charge in [0.05, 0.1) is 13.2 Å². The van der Waals surface area contributed by atoms with Gasteiger partial charge in [-0.3, -0.25) is 4.79 Å². The topological polar surface area (TPSA) is 70.7 Å². The summed E-state index contributed by atoms with van der Waals surface area (Å²) in [5, 5.41) is 5.39. The molecule has 0 spiro atoms. The fraction of sp³-hybridized carbons (Fsp3) is 0.500. The normalized spacial score (nSPS) is 17.2. The van der Waals surface area contributed by atoms with Crippen molar-refractivity contribution < 1.29 is 14.3 Å². The molecule has 0 radical (unpaired) electrons. The van der Waals surface area contributed by atoms with Gasteiger partial charge in [-0.05, 0) is 43.5 Å². The lowest BCUT2D eigenvalue weighted by molar-refractivity contribution is -0.115. The monoisotopic (exact) mass is 305 g/mol. The van der Waals surface area contributed by atoms with E-state index in [0.717, 1.165) is 25.3 Å². The fourth-order valence-electron chi connectivity index (χ4n) is 2.39. The summed E-state index contributed by atoms with van der Waals surface area (Å²) in [6, 6.07) is 6.96. The molecule has 6 nitrogen and oxygen atoms in total. The number of hydrogen-bond donors (Lipinski definition) is 2. The molecule has 0 saturated carbocycles. The minimum atomic E-state index is -0.246. The maximum Gasteiger partial charge on any atom is 0.317 e. The third-order valence-electron chi connectivity index (χ3n) is 3.56. The first-order valence-electron chi connectivity index (χ1n) is 7.64. The molecule has 0 aromatic heterocycles. The van der Waals surface area contributed by atoms with E-state index in [1.54, 1.807) is 29.2 Å². The molecule has 22 heavy (non-hydrogen) atoms. The molecule has 1 atom stereocenters. The quantitative estimate of drug-likeness (QED) is 0.875. The van der Waals surface area contributed by atoms with Gasteiger partial charge in [-0.2, -0.15) is 0 Å². The van der Waals surface area contributed by atoms with Crippen molar-refractivity contribution in [3.8, 4) is 5.75 Å². The van der Waals surface area contributed by atoms with Gasteiger partial charge in [0.2, 0.25) is 5.91 Å². The predicted octanol–water partition coefficient (Wildman–Crippen LogP) is 2.08. The Morgan fingerprint density at radius 2 is 2.05 bits per heavy atom. The van der Waals surface area contributed by atoms with Crippen LogP contribution in [0.15, 0.2) is 24.3 Å². The van der Waals surface area contributed by atoms with Crippen LogP contribution in [0.1, 0.15) is 20.3 Å². The van der Waals surface area contributed by atoms with Crippen LogP contribution in [-0.4, -0.2) is 43.1 Å². The standard InChI is InChI=1S/C16H23N3O3/c1-3-22-14-6-4-13(5-7-14)18-15(20)10-17-16(21)19-9-8-12(2)11-19/h4-7,12H,3,8-11H2,1-2H3,(H,17,21)(H,18,20). The van der Waals surface area contributed by atoms with Crippen molar-refractivity contribution >= 4 is 17.6 Å². The van der Waals surface area contributed by atoms with E-state index in [4.69, 9.17) is 4.74 Å². The van der Waals surface area contributed by atoms with E-state index in [0.29, 0.717) is 18.2 Å². The highest BCUT2D eigenvalue weighted by Gasteiger charge is 2.23. The Morgan fingerprint density at radius 1 is 1.32 bits per heavy atom. The Labute approximate surface area is 130 Å². The lowest BCUT2D eigenvalue weighted by Crippen LogP contribution is -2.41. The minimum Gasteiger partial charge on any atom is -0.494 e. The number of amides is 3. The molecule has 1 saturated heterocycles. The second-order valence-electron chi connectivity index (χ2n) is 5.50. The minimum absolute atomic E-state index is 0.0308. The van der Waals surface area contributed by atoms with Gasteiger partial charge in [-0.25, -0.2) is 4.79 Å². The Balaban J connectivity index is 1.74. The summed E-state index contributed by atoms with van der Waals surface area (Å²) in [5.41, 5.74) is 0.678. The highest BCUT2D eigenvalue weighted by Crippen LogP contribution is 2.16. The number of likely N-dealkylation sites (tertiary alicyclic amines) is 1. The van der Waals surface area contributed by atoms with Crippen molar-refractivity contribution in [2.75, 3.05) is 31.6 Å². The van der Waals surface area contributed by atoms with Crippen LogP contribution in [-0.2, 0) is 4.79 Å². The molecule has 1 aromatic carbocycles. The summed E-state index contributed by atoms with van der Waals surface area (Å²) in [7, 11) is 0. The molecular formula is C16H23N3O3. The predicted molar refractivity (Wildman–Crippen MR) is 85.0 cm³/mol. The molecule has 1 fully saturated rings. The highest BCUT2D eigenvalue weighted by molar-refractivity contribution is 5.94. The molecule has 2 rings (SSSR count). The van der Waals surface area contributed by atoms with E-state index in [-0.39, 0.29) is 18.5 Å². The Kier molecular flexibility index (Phi) is 5.63. The van der Waals surface area contributed by atoms with Gasteiger partial charge in [-0.15, -0.1) is 0 Å². The van der Waals surface area contributed by atoms with Gasteiger partial charge in [0.15, 0.2) is 0 Å². The molecule has 1 unspecified atom stereocenters. The number of anilines is 1. The molecule has 1 aliphatic heterocycles. The molecule has 0 aliphatic carbocycles. The SMILES string of the molecule is CCOc1ccc(NC(=O)CNC(=O)N2CCC(C)C2)cc1. The molecule has 0 bridgehead atoms. The van der Waals surface area contributed by atoms with E-state index in [9.17, 15) is 9.59 Å². The van der Waals surface area contributed by atoms with Crippen LogP contribution < -0.4 is 15.4 Å². The zero-order valence-corrected chi connectivity index (χ0v) is 13.1. The molecular weight excluding hydrogens is 282 g/mol. The lowest BCUT2D eigenvalue weighted by Gasteiger charge is -2.16. The van der Waals surface area contributed by atoms with Crippen LogP contribution in [0.3, 0.4) is 0 Å². The first-order chi connectivity index (χ1) is 10.6. The van der Waals surface area contributed by atoms with Crippen molar-refractivity contribution in [2.24, 2.45) is 5.92 Å². The molecule has 120 valence electrons. The Bertz CT molecular complexity index is 516. The van der Waals surface area contributed by atoms with Gasteiger partial charge in [-0.1, -0.05) is 6.92 Å². The first-order valence-corrected chi connectivity index (χ1v) is 7.64. The number of benzene rings is 1. The number of urea groups is 1. The van der Waals surface area contributed by atoms with Crippen molar-refractivity contribution in [1.82, 2.24) is 10.2 Å². The molecule has 6 heteroatoms. The summed E-state index contributed by atoms with van der Waals surface area (Å²) >= 11 is 0. The van der Waals surface area contributed by atoms with E-state index in [2.05, 4.69) is 17.6 Å². The number of nitrogens with one attached hydrogen (secondary N) is 2. The van der Waals surface area contributed by atoms with Gasteiger partial charge in [0, 0.05) is 18.8 Å². The first kappa shape index (κ1) is 16.1. The molecule has 1 aliphatic rings. The third-order valence-corrected chi connectivity index (χ3v) is 3.56. The summed E-state index contributed by atoms with van der Waals surface area (Å²) in [5.74, 6) is 1.05. The summed E-state index contributed by atoms with van der Waals surface area (Å²) in [6.07, 6.45) is 1.02. The maximum absolute atomic E-state index is 11.9. The van der Waals surface area contributed by atoms with Crippen LogP contribution in [0.2, 0.25) is 0 Å². The van der Waals surface area contributed by atoms with Gasteiger partial charge in [0.25, 0.3) is 0 Å². The number of nitrogens with zero attached hydrogens (tertiary/aromatic N) is 1. The van der Waals surface area contributed by atoms with Crippen molar-refractivity contribution in [2.45, 2.75) is 20.3 Å². The van der Waals surface area contributed by atoms with E-state index >= 15 is 0 Å². The molecule has 1 heterocycles. The van der Waals surface area contributed by atoms with Crippen LogP contribution in [0.5, 0.6) is 5.75 Å². The van der Waals surface area contributed by atoms with Crippen LogP contribution in [0, 0.1) is 5.92 Å². The molecule has 1 aromatic rings. The number of ether oxygens (including phenoxy) is 1. The lowest BCUT2D eigenvalue weighted by atomic mass is 10.2. The number of hydrogen-bond acceptors (Lipinski definition) is 3. The zero-order valence-electron chi connectivity index (χ0n) is 13.1. The van der Waals surface area contributed by atoms with Crippen molar-refractivity contribution in [3.05, 3.63) is 24.3 Å². The second-order valence-corrected chi connectivity index (χ2v) is 5.50. The molecule has 3 amide bonds. The van der Waals surface area contributed by atoms with Crippen LogP contribution >= 0.6 is 0 Å². The fourth-order valence-corrected chi connectivity index (χ4v) is 2.39. The Morgan fingerprint density at radius 3 is 2.64 bits per heavy atom. The Hall–Kier alpha value is -2.24. The van der Waals surface area contributed by atoms with Gasteiger partial charge in [0.1, 0.15) is 5.75 Å². The summed E-state index contributed by atoms with van der Waals surface area (Å²) in [6.45, 7) is 6.12. The second kappa shape index (κ2) is 7.68. The van der Waals surface area contributed by atoms with E-state index in [1.807, 2.05) is 6.92 Å². The summed E-state index contributed by atoms with van der Waals surface area (Å²) < 4.78 is 5.34. The van der Waals surface area contributed by atoms with Crippen molar-refractivity contribution in [1.29, 1.82) is 0 Å². The smallest absolute Gasteiger partial charge is 0.317 e. The largest absolute Gasteiger partial charge is 0.494 e. The van der Waals surface area contributed by atoms with Crippen LogP contribution in [0.4, 0.5) is 10.5 Å². The average molecular weight is 305 g/mol. The average Bonchev–Trinajstić information content (AvgIpc) is 2.94. The van der Waals surface area contributed by atoms with E-state index < -0.39 is 0 Å². The maximum atomic E-state index is 11.9. The number of carbonyl (C=O) groups is 2. The van der Waals surface area contributed by atoms with Crippen molar-refractivity contribution in [3.63, 3.8) is 0 Å². The zero-order chi connectivity index (χ0) is 15.9. The summed E-state index contributed by atoms with van der Waals surface area (Å²) in [4.78, 5) is 25.5. The number of rotatable bonds is 5. The van der Waals surface area contributed by atoms with E-state index in [1.165, 1.54) is 0 Å². The molecule has 2 N–H and O–H groups in total. The third kappa shape index (κ3) is 4.65. The van der Waals surface area contributed by atoms with Gasteiger partial charge >= 0.3 is 6.03 Å². The van der Waals surface area contributed by atoms with Gasteiger partial charge < -0.3 is 20.3 Å². The highest BCUT2D eigenvalue weighted by atomic mass is 16.5. The van der Waals surface area contributed by atoms with Crippen LogP contribution in [0.25, 0.3) is 0 Å². The number of carbonyl (C=O) groups excluding carboxylic acids is 2.